The third-order valence-corrected chi connectivity index (χ3v) is 5.47. The number of anilines is 1. The number of rotatable bonds is 2. The van der Waals surface area contributed by atoms with E-state index in [0.717, 1.165) is 29.1 Å². The Morgan fingerprint density at radius 1 is 0.885 bits per heavy atom. The zero-order valence-corrected chi connectivity index (χ0v) is 15.9. The van der Waals surface area contributed by atoms with E-state index in [1.807, 2.05) is 36.4 Å². The van der Waals surface area contributed by atoms with Crippen LogP contribution >= 0.6 is 23.2 Å². The minimum atomic E-state index is -0.321. The van der Waals surface area contributed by atoms with Crippen molar-refractivity contribution in [1.29, 1.82) is 0 Å². The zero-order valence-electron chi connectivity index (χ0n) is 14.3. The molecule has 1 unspecified atom stereocenters. The molecule has 130 valence electrons. The lowest BCUT2D eigenvalue weighted by Crippen LogP contribution is -2.33. The van der Waals surface area contributed by atoms with Gasteiger partial charge in [0.05, 0.1) is 32.7 Å². The van der Waals surface area contributed by atoms with Crippen LogP contribution < -0.4 is 5.32 Å². The summed E-state index contributed by atoms with van der Waals surface area (Å²) in [6.45, 7) is 2.19. The highest BCUT2D eigenvalue weighted by Crippen LogP contribution is 2.42. The third kappa shape index (κ3) is 3.23. The molecule has 0 bridgehead atoms. The second kappa shape index (κ2) is 6.79. The quantitative estimate of drug-likeness (QED) is 0.516. The summed E-state index contributed by atoms with van der Waals surface area (Å²) in [6, 6.07) is 24.4. The Labute approximate surface area is 163 Å². The number of fused-ring (bicyclic) bond motifs is 1. The summed E-state index contributed by atoms with van der Waals surface area (Å²) < 4.78 is 0. The molecule has 4 heteroatoms. The second-order valence-electron chi connectivity index (χ2n) is 6.71. The van der Waals surface area contributed by atoms with Crippen LogP contribution in [0.1, 0.15) is 24.5 Å². The first-order chi connectivity index (χ1) is 12.5. The average Bonchev–Trinajstić information content (AvgIpc) is 2.80. The Morgan fingerprint density at radius 3 is 2.19 bits per heavy atom. The highest BCUT2D eigenvalue weighted by atomic mass is 35.5. The average molecular weight is 381 g/mol. The maximum absolute atomic E-state index is 6.27. The largest absolute Gasteiger partial charge is 0.374 e. The minimum Gasteiger partial charge on any atom is -0.374 e. The van der Waals surface area contributed by atoms with Gasteiger partial charge in [0.1, 0.15) is 0 Å². The van der Waals surface area contributed by atoms with E-state index in [4.69, 9.17) is 28.2 Å². The smallest absolute Gasteiger partial charge is 0.0880 e. The molecule has 4 rings (SSSR count). The van der Waals surface area contributed by atoms with Crippen molar-refractivity contribution in [1.82, 2.24) is 0 Å². The molecule has 1 N–H and O–H groups in total. The summed E-state index contributed by atoms with van der Waals surface area (Å²) in [5.74, 6) is 0. The summed E-state index contributed by atoms with van der Waals surface area (Å²) in [6.07, 6.45) is 0.741. The Bertz CT molecular complexity index is 968. The van der Waals surface area contributed by atoms with Crippen LogP contribution in [-0.2, 0) is 5.54 Å². The molecule has 3 aromatic carbocycles. The van der Waals surface area contributed by atoms with Gasteiger partial charge in [0.15, 0.2) is 0 Å². The normalized spacial score (nSPS) is 19.1. The van der Waals surface area contributed by atoms with E-state index in [-0.39, 0.29) is 5.54 Å². The number of hydrogen-bond acceptors (Lipinski definition) is 2. The van der Waals surface area contributed by atoms with Crippen LogP contribution in [-0.4, -0.2) is 5.71 Å². The molecule has 1 aliphatic heterocycles. The maximum Gasteiger partial charge on any atom is 0.0880 e. The van der Waals surface area contributed by atoms with Crippen LogP contribution in [0, 0.1) is 0 Å². The van der Waals surface area contributed by atoms with Crippen molar-refractivity contribution in [2.75, 3.05) is 5.32 Å². The predicted molar refractivity (Wildman–Crippen MR) is 111 cm³/mol. The van der Waals surface area contributed by atoms with E-state index in [1.54, 1.807) is 0 Å². The van der Waals surface area contributed by atoms with Gasteiger partial charge < -0.3 is 5.32 Å². The van der Waals surface area contributed by atoms with Gasteiger partial charge in [-0.1, -0.05) is 83.9 Å². The summed E-state index contributed by atoms with van der Waals surface area (Å²) in [7, 11) is 0. The van der Waals surface area contributed by atoms with Gasteiger partial charge in [0, 0.05) is 6.42 Å². The minimum absolute atomic E-state index is 0.321. The highest BCUT2D eigenvalue weighted by Gasteiger charge is 2.32. The summed E-state index contributed by atoms with van der Waals surface area (Å²) in [5.41, 5.74) is 4.69. The van der Waals surface area contributed by atoms with Crippen LogP contribution in [0.15, 0.2) is 77.8 Å². The number of nitrogens with zero attached hydrogens (tertiary/aromatic N) is 1. The standard InChI is InChI=1S/C22H18Cl2N2/c1-22(16-10-6-3-7-11-16)14-21(15-8-4-2-5-9-15)25-19-12-17(23)18(24)13-20(19)26-22/h2-13,26H,14H2,1H3. The van der Waals surface area contributed by atoms with Crippen LogP contribution in [0.2, 0.25) is 10.0 Å². The Kier molecular flexibility index (Phi) is 4.47. The monoisotopic (exact) mass is 380 g/mol. The molecule has 1 aliphatic rings. The Morgan fingerprint density at radius 2 is 1.50 bits per heavy atom. The molecular weight excluding hydrogens is 363 g/mol. The van der Waals surface area contributed by atoms with Crippen molar-refractivity contribution in [2.24, 2.45) is 4.99 Å². The molecule has 0 fully saturated rings. The summed E-state index contributed by atoms with van der Waals surface area (Å²) >= 11 is 12.5. The van der Waals surface area contributed by atoms with Crippen LogP contribution in [0.4, 0.5) is 11.4 Å². The molecule has 0 aromatic heterocycles. The van der Waals surface area contributed by atoms with Crippen LogP contribution in [0.3, 0.4) is 0 Å². The predicted octanol–water partition coefficient (Wildman–Crippen LogP) is 6.85. The van der Waals surface area contributed by atoms with E-state index < -0.39 is 0 Å². The molecule has 26 heavy (non-hydrogen) atoms. The zero-order chi connectivity index (χ0) is 18.1. The lowest BCUT2D eigenvalue weighted by atomic mass is 9.85. The van der Waals surface area contributed by atoms with Gasteiger partial charge in [-0.15, -0.1) is 0 Å². The molecule has 0 spiro atoms. The first-order valence-corrected chi connectivity index (χ1v) is 9.26. The second-order valence-corrected chi connectivity index (χ2v) is 7.52. The van der Waals surface area contributed by atoms with Crippen LogP contribution in [0.25, 0.3) is 0 Å². The first-order valence-electron chi connectivity index (χ1n) is 8.51. The van der Waals surface area contributed by atoms with Gasteiger partial charge in [-0.05, 0) is 30.2 Å². The fraction of sp³-hybridized carbons (Fsp3) is 0.136. The van der Waals surface area contributed by atoms with E-state index in [2.05, 4.69) is 48.6 Å². The molecule has 0 amide bonds. The van der Waals surface area contributed by atoms with E-state index in [0.29, 0.717) is 10.0 Å². The van der Waals surface area contributed by atoms with Gasteiger partial charge in [-0.25, -0.2) is 0 Å². The summed E-state index contributed by atoms with van der Waals surface area (Å²) in [5, 5.41) is 4.69. The Balaban J connectivity index is 1.91. The van der Waals surface area contributed by atoms with Gasteiger partial charge >= 0.3 is 0 Å². The number of hydrogen-bond donors (Lipinski definition) is 1. The molecule has 0 aliphatic carbocycles. The third-order valence-electron chi connectivity index (χ3n) is 4.74. The SMILES string of the molecule is CC1(c2ccccc2)CC(c2ccccc2)=Nc2cc(Cl)c(Cl)cc2N1. The van der Waals surface area contributed by atoms with Crippen molar-refractivity contribution < 1.29 is 0 Å². The van der Waals surface area contributed by atoms with E-state index in [1.165, 1.54) is 5.56 Å². The lowest BCUT2D eigenvalue weighted by Gasteiger charge is -2.32. The van der Waals surface area contributed by atoms with Crippen molar-refractivity contribution in [3.8, 4) is 0 Å². The van der Waals surface area contributed by atoms with Crippen molar-refractivity contribution in [3.05, 3.63) is 94.0 Å². The number of halogens is 2. The van der Waals surface area contributed by atoms with E-state index in [9.17, 15) is 0 Å². The number of benzene rings is 3. The molecule has 1 heterocycles. The maximum atomic E-state index is 6.27. The Hall–Kier alpha value is -2.29. The van der Waals surface area contributed by atoms with Crippen molar-refractivity contribution in [3.63, 3.8) is 0 Å². The summed E-state index contributed by atoms with van der Waals surface area (Å²) in [4.78, 5) is 4.94. The van der Waals surface area contributed by atoms with Crippen molar-refractivity contribution >= 4 is 40.3 Å². The fourth-order valence-electron chi connectivity index (χ4n) is 3.37. The molecule has 0 radical (unpaired) electrons. The van der Waals surface area contributed by atoms with Crippen LogP contribution in [0.5, 0.6) is 0 Å². The van der Waals surface area contributed by atoms with Gasteiger partial charge in [0.25, 0.3) is 0 Å². The molecule has 1 atom stereocenters. The molecule has 0 saturated heterocycles. The number of aliphatic imine (C=N–C) groups is 1. The van der Waals surface area contributed by atoms with Gasteiger partial charge in [0.2, 0.25) is 0 Å². The number of nitrogens with one attached hydrogen (secondary N) is 1. The fourth-order valence-corrected chi connectivity index (χ4v) is 3.69. The molecule has 0 saturated carbocycles. The first kappa shape index (κ1) is 17.1. The molecular formula is C22H18Cl2N2. The molecule has 2 nitrogen and oxygen atoms in total. The van der Waals surface area contributed by atoms with E-state index >= 15 is 0 Å². The topological polar surface area (TPSA) is 24.4 Å². The highest BCUT2D eigenvalue weighted by molar-refractivity contribution is 6.42. The van der Waals surface area contributed by atoms with Crippen molar-refractivity contribution in [2.45, 2.75) is 18.9 Å². The molecule has 3 aromatic rings. The lowest BCUT2D eigenvalue weighted by molar-refractivity contribution is 0.571. The van der Waals surface area contributed by atoms with Gasteiger partial charge in [-0.3, -0.25) is 4.99 Å². The van der Waals surface area contributed by atoms with Gasteiger partial charge in [-0.2, -0.15) is 0 Å².